The van der Waals surface area contributed by atoms with Crippen LogP contribution in [-0.2, 0) is 11.3 Å². The number of anilines is 1. The van der Waals surface area contributed by atoms with Gasteiger partial charge in [-0.25, -0.2) is 4.98 Å². The van der Waals surface area contributed by atoms with Crippen LogP contribution in [0.3, 0.4) is 0 Å². The average Bonchev–Trinajstić information content (AvgIpc) is 3.44. The molecule has 1 N–H and O–H groups in total. The van der Waals surface area contributed by atoms with Gasteiger partial charge in [-0.2, -0.15) is 0 Å². The monoisotopic (exact) mass is 483 g/mol. The molecule has 2 heterocycles. The highest BCUT2D eigenvalue weighted by Crippen LogP contribution is 2.33. The molecule has 1 saturated heterocycles. The van der Waals surface area contributed by atoms with Gasteiger partial charge in [0.1, 0.15) is 24.3 Å². The number of aryl methyl sites for hydroxylation is 1. The second-order valence-electron chi connectivity index (χ2n) is 10.00. The molecule has 1 aliphatic heterocycles. The van der Waals surface area contributed by atoms with E-state index in [1.807, 2.05) is 72.5 Å². The maximum atomic E-state index is 12.9. The Morgan fingerprint density at radius 1 is 1.03 bits per heavy atom. The van der Waals surface area contributed by atoms with Gasteiger partial charge in [0.15, 0.2) is 0 Å². The molecule has 186 valence electrons. The van der Waals surface area contributed by atoms with Gasteiger partial charge in [0.05, 0.1) is 17.6 Å². The quantitative estimate of drug-likeness (QED) is 0.363. The van der Waals surface area contributed by atoms with Crippen molar-refractivity contribution in [1.29, 1.82) is 0 Å². The molecule has 3 aromatic carbocycles. The number of amides is 1. The van der Waals surface area contributed by atoms with Gasteiger partial charge in [-0.15, -0.1) is 0 Å². The van der Waals surface area contributed by atoms with E-state index in [0.717, 1.165) is 33.9 Å². The number of carbonyl (C=O) groups excluding carboxylic acids is 1. The third-order valence-corrected chi connectivity index (χ3v) is 6.90. The second kappa shape index (κ2) is 10.2. The number of carbonyl (C=O) groups is 1. The van der Waals surface area contributed by atoms with Crippen molar-refractivity contribution in [2.24, 2.45) is 0 Å². The Balaban J connectivity index is 1.34. The molecule has 1 fully saturated rings. The molecule has 5 rings (SSSR count). The van der Waals surface area contributed by atoms with E-state index in [-0.39, 0.29) is 18.4 Å². The number of rotatable bonds is 8. The topological polar surface area (TPSA) is 67.6 Å². The number of imidazole rings is 1. The Morgan fingerprint density at radius 3 is 2.47 bits per heavy atom. The minimum atomic E-state index is -0.726. The molecular formula is C30H33N3O3. The summed E-state index contributed by atoms with van der Waals surface area (Å²) in [6, 6.07) is 24.0. The van der Waals surface area contributed by atoms with Gasteiger partial charge in [-0.3, -0.25) is 4.79 Å². The fourth-order valence-electron chi connectivity index (χ4n) is 4.86. The number of nitrogens with zero attached hydrogens (tertiary/aromatic N) is 3. The summed E-state index contributed by atoms with van der Waals surface area (Å²) in [6.45, 7) is 7.44. The van der Waals surface area contributed by atoms with Crippen molar-refractivity contribution in [2.75, 3.05) is 18.1 Å². The molecule has 6 heteroatoms. The van der Waals surface area contributed by atoms with Crippen LogP contribution in [0.1, 0.15) is 49.1 Å². The first-order chi connectivity index (χ1) is 17.4. The van der Waals surface area contributed by atoms with Crippen molar-refractivity contribution in [3.63, 3.8) is 0 Å². The molecule has 1 amide bonds. The van der Waals surface area contributed by atoms with Crippen LogP contribution in [0.5, 0.6) is 5.75 Å². The zero-order valence-electron chi connectivity index (χ0n) is 21.1. The van der Waals surface area contributed by atoms with Crippen molar-refractivity contribution < 1.29 is 14.6 Å². The highest BCUT2D eigenvalue weighted by Gasteiger charge is 2.35. The summed E-state index contributed by atoms with van der Waals surface area (Å²) in [5.41, 5.74) is 5.15. The fourth-order valence-corrected chi connectivity index (χ4v) is 4.86. The van der Waals surface area contributed by atoms with Gasteiger partial charge in [-0.05, 0) is 54.8 Å². The fraction of sp³-hybridized carbons (Fsp3) is 0.333. The van der Waals surface area contributed by atoms with Crippen LogP contribution in [0.15, 0.2) is 72.8 Å². The second-order valence-corrected chi connectivity index (χ2v) is 10.00. The Kier molecular flexibility index (Phi) is 6.79. The van der Waals surface area contributed by atoms with Crippen LogP contribution in [-0.4, -0.2) is 39.8 Å². The number of benzene rings is 3. The lowest BCUT2D eigenvalue weighted by Gasteiger charge is -2.19. The van der Waals surface area contributed by atoms with E-state index in [4.69, 9.17) is 9.72 Å². The minimum absolute atomic E-state index is 0.0529. The predicted octanol–water partition coefficient (Wildman–Crippen LogP) is 5.43. The van der Waals surface area contributed by atoms with Crippen molar-refractivity contribution >= 4 is 22.6 Å². The number of aliphatic hydroxyl groups is 1. The normalized spacial score (nSPS) is 16.8. The van der Waals surface area contributed by atoms with Gasteiger partial charge < -0.3 is 19.3 Å². The van der Waals surface area contributed by atoms with E-state index in [9.17, 15) is 9.90 Å². The Hall–Kier alpha value is -3.64. The number of fused-ring (bicyclic) bond motifs is 1. The van der Waals surface area contributed by atoms with E-state index in [0.29, 0.717) is 25.4 Å². The number of hydrogen-bond acceptors (Lipinski definition) is 4. The number of hydrogen-bond donors (Lipinski definition) is 1. The molecule has 0 unspecified atom stereocenters. The summed E-state index contributed by atoms with van der Waals surface area (Å²) < 4.78 is 7.94. The summed E-state index contributed by atoms with van der Waals surface area (Å²) in [5.74, 6) is 2.07. The molecule has 0 spiro atoms. The van der Waals surface area contributed by atoms with Crippen molar-refractivity contribution in [3.8, 4) is 5.75 Å². The lowest BCUT2D eigenvalue weighted by molar-refractivity contribution is -0.117. The summed E-state index contributed by atoms with van der Waals surface area (Å²) in [7, 11) is 0. The molecule has 6 nitrogen and oxygen atoms in total. The van der Waals surface area contributed by atoms with E-state index in [2.05, 4.69) is 30.5 Å². The standard InChI is InChI=1S/C30H33N3O3/c1-20(2)22-10-14-26(15-11-22)36-19-25(34)18-33-28-7-5-4-6-27(28)31-30(33)23-16-29(35)32(17-23)24-12-8-21(3)9-13-24/h4-15,20,23,25,34H,16-19H2,1-3H3/t23-,25-/m1/s1. The molecule has 0 bridgehead atoms. The summed E-state index contributed by atoms with van der Waals surface area (Å²) >= 11 is 0. The first-order valence-corrected chi connectivity index (χ1v) is 12.6. The van der Waals surface area contributed by atoms with Crippen LogP contribution in [0.25, 0.3) is 11.0 Å². The summed E-state index contributed by atoms with van der Waals surface area (Å²) in [4.78, 5) is 19.7. The number of aromatic nitrogens is 2. The van der Waals surface area contributed by atoms with Gasteiger partial charge in [0.2, 0.25) is 5.91 Å². The SMILES string of the molecule is Cc1ccc(N2C[C@H](c3nc4ccccc4n3C[C@@H](O)COc3ccc(C(C)C)cc3)CC2=O)cc1. The van der Waals surface area contributed by atoms with Crippen molar-refractivity contribution in [3.05, 3.63) is 89.7 Å². The first kappa shape index (κ1) is 24.1. The van der Waals surface area contributed by atoms with Crippen LogP contribution in [0.2, 0.25) is 0 Å². The van der Waals surface area contributed by atoms with E-state index < -0.39 is 6.10 Å². The Labute approximate surface area is 212 Å². The molecule has 1 aromatic heterocycles. The largest absolute Gasteiger partial charge is 0.491 e. The van der Waals surface area contributed by atoms with Crippen LogP contribution >= 0.6 is 0 Å². The van der Waals surface area contributed by atoms with Crippen LogP contribution in [0.4, 0.5) is 5.69 Å². The predicted molar refractivity (Wildman–Crippen MR) is 143 cm³/mol. The van der Waals surface area contributed by atoms with E-state index in [1.54, 1.807) is 0 Å². The van der Waals surface area contributed by atoms with E-state index in [1.165, 1.54) is 5.56 Å². The van der Waals surface area contributed by atoms with Crippen molar-refractivity contribution in [2.45, 2.75) is 51.7 Å². The summed E-state index contributed by atoms with van der Waals surface area (Å²) in [6.07, 6.45) is -0.331. The molecule has 2 atom stereocenters. The Bertz CT molecular complexity index is 1340. The Morgan fingerprint density at radius 2 is 1.75 bits per heavy atom. The third-order valence-electron chi connectivity index (χ3n) is 6.90. The maximum Gasteiger partial charge on any atom is 0.227 e. The van der Waals surface area contributed by atoms with Gasteiger partial charge in [0, 0.05) is 24.6 Å². The first-order valence-electron chi connectivity index (χ1n) is 12.6. The highest BCUT2D eigenvalue weighted by molar-refractivity contribution is 5.96. The van der Waals surface area contributed by atoms with Crippen molar-refractivity contribution in [1.82, 2.24) is 9.55 Å². The van der Waals surface area contributed by atoms with Gasteiger partial charge >= 0.3 is 0 Å². The third kappa shape index (κ3) is 5.00. The van der Waals surface area contributed by atoms with Crippen LogP contribution in [0, 0.1) is 6.92 Å². The molecule has 0 radical (unpaired) electrons. The number of aliphatic hydroxyl groups excluding tert-OH is 1. The highest BCUT2D eigenvalue weighted by atomic mass is 16.5. The smallest absolute Gasteiger partial charge is 0.227 e. The molecule has 4 aromatic rings. The van der Waals surface area contributed by atoms with Gasteiger partial charge in [0.25, 0.3) is 0 Å². The molecule has 36 heavy (non-hydrogen) atoms. The number of ether oxygens (including phenoxy) is 1. The molecule has 0 aliphatic carbocycles. The van der Waals surface area contributed by atoms with Gasteiger partial charge in [-0.1, -0.05) is 55.8 Å². The zero-order chi connectivity index (χ0) is 25.2. The van der Waals surface area contributed by atoms with Crippen LogP contribution < -0.4 is 9.64 Å². The van der Waals surface area contributed by atoms with E-state index >= 15 is 0 Å². The summed E-state index contributed by atoms with van der Waals surface area (Å²) in [5, 5.41) is 10.9. The minimum Gasteiger partial charge on any atom is -0.491 e. The lowest BCUT2D eigenvalue weighted by atomic mass is 10.0. The lowest BCUT2D eigenvalue weighted by Crippen LogP contribution is -2.26. The average molecular weight is 484 g/mol. The molecular weight excluding hydrogens is 450 g/mol. The number of para-hydroxylation sites is 2. The zero-order valence-corrected chi connectivity index (χ0v) is 21.1. The molecule has 1 aliphatic rings. The maximum absolute atomic E-state index is 12.9. The molecule has 0 saturated carbocycles.